The van der Waals surface area contributed by atoms with Crippen molar-refractivity contribution in [3.63, 3.8) is 0 Å². The molecule has 0 aromatic heterocycles. The Hall–Kier alpha value is -1.64. The first kappa shape index (κ1) is 28.6. The van der Waals surface area contributed by atoms with Crippen LogP contribution in [0.25, 0.3) is 0 Å². The molecule has 0 unspecified atom stereocenters. The number of rotatable bonds is 19. The average molecular weight is 471 g/mol. The molecule has 0 N–H and O–H groups in total. The molecule has 0 atom stereocenters. The van der Waals surface area contributed by atoms with Crippen LogP contribution in [0.5, 0.6) is 5.75 Å². The highest BCUT2D eigenvalue weighted by molar-refractivity contribution is 6.08. The van der Waals surface area contributed by atoms with E-state index in [0.717, 1.165) is 50.4 Å². The summed E-state index contributed by atoms with van der Waals surface area (Å²) in [5.41, 5.74) is 0.623. The molecule has 0 amide bonds. The van der Waals surface area contributed by atoms with E-state index in [1.807, 2.05) is 24.3 Å². The van der Waals surface area contributed by atoms with E-state index in [2.05, 4.69) is 13.8 Å². The third-order valence-electron chi connectivity index (χ3n) is 7.55. The zero-order valence-corrected chi connectivity index (χ0v) is 22.1. The standard InChI is InChI=1S/C31H50O3/c1-3-5-7-9-10-11-12-14-24-34-29-22-20-28(21-23-29)31(33)25-30(32)27-18-16-26(17-19-27)15-13-8-6-4-2/h20-23,26-27H,3-19,24-25H2,1-2H3. The van der Waals surface area contributed by atoms with Crippen LogP contribution in [-0.2, 0) is 4.79 Å². The molecule has 34 heavy (non-hydrogen) atoms. The minimum Gasteiger partial charge on any atom is -0.494 e. The number of ether oxygens (including phenoxy) is 1. The Balaban J connectivity index is 1.60. The Morgan fingerprint density at radius 1 is 0.735 bits per heavy atom. The van der Waals surface area contributed by atoms with Crippen LogP contribution in [0.1, 0.15) is 140 Å². The normalized spacial score (nSPS) is 18.1. The van der Waals surface area contributed by atoms with Gasteiger partial charge in [0.2, 0.25) is 0 Å². The molecule has 0 saturated heterocycles. The third kappa shape index (κ3) is 11.7. The fourth-order valence-corrected chi connectivity index (χ4v) is 5.20. The molecule has 0 heterocycles. The van der Waals surface area contributed by atoms with Gasteiger partial charge in [0, 0.05) is 11.5 Å². The van der Waals surface area contributed by atoms with Crippen LogP contribution in [0.3, 0.4) is 0 Å². The SMILES string of the molecule is CCCCCCCCCCOc1ccc(C(=O)CC(=O)C2CCC(CCCCCC)CC2)cc1. The van der Waals surface area contributed by atoms with E-state index < -0.39 is 0 Å². The number of unbranched alkanes of at least 4 members (excludes halogenated alkanes) is 10. The topological polar surface area (TPSA) is 43.4 Å². The van der Waals surface area contributed by atoms with Gasteiger partial charge in [-0.25, -0.2) is 0 Å². The summed E-state index contributed by atoms with van der Waals surface area (Å²) in [5, 5.41) is 0. The second kappa shape index (κ2) is 17.7. The molecule has 1 aromatic carbocycles. The van der Waals surface area contributed by atoms with Gasteiger partial charge in [0.25, 0.3) is 0 Å². The van der Waals surface area contributed by atoms with Crippen LogP contribution in [0.2, 0.25) is 0 Å². The highest BCUT2D eigenvalue weighted by Gasteiger charge is 2.27. The van der Waals surface area contributed by atoms with Gasteiger partial charge in [0.05, 0.1) is 13.0 Å². The van der Waals surface area contributed by atoms with Crippen molar-refractivity contribution in [2.75, 3.05) is 6.61 Å². The molecule has 0 bridgehead atoms. The first-order valence-corrected chi connectivity index (χ1v) is 14.4. The lowest BCUT2D eigenvalue weighted by Crippen LogP contribution is -2.24. The fourth-order valence-electron chi connectivity index (χ4n) is 5.20. The lowest BCUT2D eigenvalue weighted by Gasteiger charge is -2.27. The Morgan fingerprint density at radius 2 is 1.29 bits per heavy atom. The molecule has 1 saturated carbocycles. The quantitative estimate of drug-likeness (QED) is 0.115. The first-order chi connectivity index (χ1) is 16.6. The van der Waals surface area contributed by atoms with E-state index in [4.69, 9.17) is 4.74 Å². The number of Topliss-reactive ketones (excluding diaryl/α,β-unsaturated/α-hetero) is 2. The Morgan fingerprint density at radius 3 is 1.91 bits per heavy atom. The summed E-state index contributed by atoms with van der Waals surface area (Å²) in [6, 6.07) is 7.36. The third-order valence-corrected chi connectivity index (χ3v) is 7.55. The number of hydrogen-bond donors (Lipinski definition) is 0. The maximum Gasteiger partial charge on any atom is 0.170 e. The van der Waals surface area contributed by atoms with Gasteiger partial charge in [-0.15, -0.1) is 0 Å². The van der Waals surface area contributed by atoms with E-state index in [-0.39, 0.29) is 23.9 Å². The summed E-state index contributed by atoms with van der Waals surface area (Å²) in [4.78, 5) is 25.4. The Bertz CT molecular complexity index is 670. The molecule has 192 valence electrons. The lowest BCUT2D eigenvalue weighted by atomic mass is 9.77. The van der Waals surface area contributed by atoms with Crippen LogP contribution < -0.4 is 4.74 Å². The molecule has 1 aliphatic carbocycles. The summed E-state index contributed by atoms with van der Waals surface area (Å²) in [7, 11) is 0. The molecule has 1 aromatic rings. The van der Waals surface area contributed by atoms with Gasteiger partial charge in [-0.1, -0.05) is 90.9 Å². The lowest BCUT2D eigenvalue weighted by molar-refractivity contribution is -0.123. The molecule has 3 nitrogen and oxygen atoms in total. The van der Waals surface area contributed by atoms with Gasteiger partial charge in [0.15, 0.2) is 5.78 Å². The second-order valence-corrected chi connectivity index (χ2v) is 10.5. The summed E-state index contributed by atoms with van der Waals surface area (Å²) < 4.78 is 5.84. The van der Waals surface area contributed by atoms with Crippen LogP contribution in [0.4, 0.5) is 0 Å². The zero-order chi connectivity index (χ0) is 24.4. The minimum atomic E-state index is -0.0543. The highest BCUT2D eigenvalue weighted by atomic mass is 16.5. The van der Waals surface area contributed by atoms with E-state index >= 15 is 0 Å². The van der Waals surface area contributed by atoms with Crippen molar-refractivity contribution < 1.29 is 14.3 Å². The molecule has 2 rings (SSSR count). The number of benzene rings is 1. The van der Waals surface area contributed by atoms with Gasteiger partial charge < -0.3 is 4.74 Å². The van der Waals surface area contributed by atoms with Gasteiger partial charge >= 0.3 is 0 Å². The van der Waals surface area contributed by atoms with Crippen molar-refractivity contribution >= 4 is 11.6 Å². The second-order valence-electron chi connectivity index (χ2n) is 10.5. The molecule has 1 aliphatic rings. The molecule has 0 radical (unpaired) electrons. The van der Waals surface area contributed by atoms with Crippen molar-refractivity contribution in [3.8, 4) is 5.75 Å². The highest BCUT2D eigenvalue weighted by Crippen LogP contribution is 2.33. The first-order valence-electron chi connectivity index (χ1n) is 14.4. The predicted octanol–water partition coefficient (Wildman–Crippen LogP) is 9.12. The van der Waals surface area contributed by atoms with Gasteiger partial charge in [-0.2, -0.15) is 0 Å². The summed E-state index contributed by atoms with van der Waals surface area (Å²) in [5.74, 6) is 1.77. The number of carbonyl (C=O) groups excluding carboxylic acids is 2. The van der Waals surface area contributed by atoms with E-state index in [1.165, 1.54) is 77.0 Å². The zero-order valence-electron chi connectivity index (χ0n) is 22.1. The molecule has 0 aliphatic heterocycles. The average Bonchev–Trinajstić information content (AvgIpc) is 2.86. The Kier molecular flexibility index (Phi) is 14.9. The van der Waals surface area contributed by atoms with E-state index in [0.29, 0.717) is 5.56 Å². The predicted molar refractivity (Wildman–Crippen MR) is 143 cm³/mol. The molecular formula is C31H50O3. The summed E-state index contributed by atoms with van der Waals surface area (Å²) in [6.45, 7) is 5.22. The van der Waals surface area contributed by atoms with Crippen molar-refractivity contribution in [1.29, 1.82) is 0 Å². The van der Waals surface area contributed by atoms with Crippen LogP contribution in [0, 0.1) is 11.8 Å². The molecule has 0 spiro atoms. The maximum absolute atomic E-state index is 12.7. The van der Waals surface area contributed by atoms with Crippen molar-refractivity contribution in [2.45, 2.75) is 129 Å². The number of hydrogen-bond acceptors (Lipinski definition) is 3. The Labute approximate surface area is 209 Å². The van der Waals surface area contributed by atoms with Gasteiger partial charge in [-0.3, -0.25) is 9.59 Å². The van der Waals surface area contributed by atoms with Gasteiger partial charge in [-0.05, 0) is 62.3 Å². The van der Waals surface area contributed by atoms with E-state index in [9.17, 15) is 9.59 Å². The van der Waals surface area contributed by atoms with Crippen molar-refractivity contribution in [3.05, 3.63) is 29.8 Å². The van der Waals surface area contributed by atoms with Crippen LogP contribution >= 0.6 is 0 Å². The van der Waals surface area contributed by atoms with E-state index in [1.54, 1.807) is 0 Å². The monoisotopic (exact) mass is 470 g/mol. The molecular weight excluding hydrogens is 420 g/mol. The smallest absolute Gasteiger partial charge is 0.170 e. The van der Waals surface area contributed by atoms with Crippen molar-refractivity contribution in [2.24, 2.45) is 11.8 Å². The molecule has 3 heteroatoms. The number of carbonyl (C=O) groups is 2. The summed E-state index contributed by atoms with van der Waals surface area (Å²) in [6.07, 6.45) is 21.2. The molecule has 1 fully saturated rings. The minimum absolute atomic E-state index is 0.0459. The van der Waals surface area contributed by atoms with Crippen LogP contribution in [-0.4, -0.2) is 18.2 Å². The maximum atomic E-state index is 12.7. The largest absolute Gasteiger partial charge is 0.494 e. The number of ketones is 2. The van der Waals surface area contributed by atoms with Crippen molar-refractivity contribution in [1.82, 2.24) is 0 Å². The summed E-state index contributed by atoms with van der Waals surface area (Å²) >= 11 is 0. The van der Waals surface area contributed by atoms with Gasteiger partial charge in [0.1, 0.15) is 11.5 Å². The van der Waals surface area contributed by atoms with Crippen LogP contribution in [0.15, 0.2) is 24.3 Å². The fraction of sp³-hybridized carbons (Fsp3) is 0.742.